The van der Waals surface area contributed by atoms with Crippen LogP contribution in [0.2, 0.25) is 0 Å². The maximum atomic E-state index is 6.64. The first-order valence-corrected chi connectivity index (χ1v) is 22.2. The molecule has 0 aliphatic heterocycles. The average molecular weight is 861 g/mol. The number of aromatic nitrogens is 6. The standard InChI is InChI=1S/C58H32N6O3/c1-2-14-33(15-3-1)57-59-45-23-13-22-44(54(45)67-57)56-60-55(43-21-12-20-42-38-19-7-11-27-49(38)66-53(42)43)61-58(62-56)64-47-25-9-5-17-36(47)41-31-30-40-35-16-4-8-24-46(35)63(51(40)52(41)64)34-28-29-39-37-18-6-10-26-48(37)65-50(39)32-34/h1-32H. The van der Waals surface area contributed by atoms with E-state index in [1.54, 1.807) is 0 Å². The molecular weight excluding hydrogens is 829 g/mol. The predicted molar refractivity (Wildman–Crippen MR) is 267 cm³/mol. The van der Waals surface area contributed by atoms with Crippen molar-refractivity contribution in [3.63, 3.8) is 0 Å². The van der Waals surface area contributed by atoms with Crippen LogP contribution in [0.4, 0.5) is 0 Å². The number of para-hydroxylation sites is 6. The Balaban J connectivity index is 1.06. The van der Waals surface area contributed by atoms with Crippen molar-refractivity contribution < 1.29 is 13.3 Å². The smallest absolute Gasteiger partial charge is 0.238 e. The first kappa shape index (κ1) is 36.0. The molecule has 0 N–H and O–H groups in total. The van der Waals surface area contributed by atoms with Gasteiger partial charge in [0.05, 0.1) is 38.9 Å². The molecule has 67 heavy (non-hydrogen) atoms. The Hall–Kier alpha value is -9.34. The normalized spacial score (nSPS) is 12.2. The summed E-state index contributed by atoms with van der Waals surface area (Å²) in [5, 5.41) is 8.51. The highest BCUT2D eigenvalue weighted by molar-refractivity contribution is 6.24. The number of hydrogen-bond donors (Lipinski definition) is 0. The van der Waals surface area contributed by atoms with Crippen molar-refractivity contribution in [1.82, 2.24) is 29.1 Å². The number of furan rings is 2. The summed E-state index contributed by atoms with van der Waals surface area (Å²) >= 11 is 0. The Labute approximate surface area is 379 Å². The van der Waals surface area contributed by atoms with Gasteiger partial charge in [0.25, 0.3) is 0 Å². The molecule has 0 bridgehead atoms. The summed E-state index contributed by atoms with van der Waals surface area (Å²) < 4.78 is 24.3. The molecule has 6 aromatic heterocycles. The van der Waals surface area contributed by atoms with Crippen LogP contribution in [0.1, 0.15) is 0 Å². The van der Waals surface area contributed by atoms with E-state index in [9.17, 15) is 0 Å². The summed E-state index contributed by atoms with van der Waals surface area (Å²) in [6.07, 6.45) is 0. The van der Waals surface area contributed by atoms with Crippen LogP contribution in [0, 0.1) is 0 Å². The molecule has 0 unspecified atom stereocenters. The van der Waals surface area contributed by atoms with Crippen LogP contribution in [0.3, 0.4) is 0 Å². The zero-order chi connectivity index (χ0) is 43.7. The van der Waals surface area contributed by atoms with Crippen LogP contribution in [0.5, 0.6) is 0 Å². The molecule has 0 aliphatic rings. The van der Waals surface area contributed by atoms with Crippen LogP contribution >= 0.6 is 0 Å². The van der Waals surface area contributed by atoms with Crippen molar-refractivity contribution in [1.29, 1.82) is 0 Å². The molecule has 9 aromatic carbocycles. The number of fused-ring (bicyclic) bond motifs is 14. The van der Waals surface area contributed by atoms with Crippen LogP contribution < -0.4 is 0 Å². The van der Waals surface area contributed by atoms with Crippen LogP contribution in [0.15, 0.2) is 207 Å². The summed E-state index contributed by atoms with van der Waals surface area (Å²) in [5.74, 6) is 1.85. The lowest BCUT2D eigenvalue weighted by atomic mass is 10.1. The van der Waals surface area contributed by atoms with E-state index >= 15 is 0 Å². The summed E-state index contributed by atoms with van der Waals surface area (Å²) in [7, 11) is 0. The van der Waals surface area contributed by atoms with Gasteiger partial charge in [-0.3, -0.25) is 4.57 Å². The fourth-order valence-corrected chi connectivity index (χ4v) is 10.3. The Kier molecular flexibility index (Phi) is 7.31. The second-order valence-corrected chi connectivity index (χ2v) is 16.9. The zero-order valence-electron chi connectivity index (χ0n) is 35.4. The minimum absolute atomic E-state index is 0.434. The van der Waals surface area contributed by atoms with Crippen molar-refractivity contribution in [2.45, 2.75) is 0 Å². The number of benzene rings is 9. The topological polar surface area (TPSA) is 101 Å². The number of nitrogens with zero attached hydrogens (tertiary/aromatic N) is 6. The fraction of sp³-hybridized carbons (Fsp3) is 0. The van der Waals surface area contributed by atoms with E-state index in [-0.39, 0.29) is 0 Å². The maximum absolute atomic E-state index is 6.64. The molecule has 9 heteroatoms. The van der Waals surface area contributed by atoms with Crippen molar-refractivity contribution in [3.05, 3.63) is 194 Å². The minimum atomic E-state index is 0.434. The molecule has 0 radical (unpaired) electrons. The zero-order valence-corrected chi connectivity index (χ0v) is 35.4. The molecule has 15 rings (SSSR count). The summed E-state index contributed by atoms with van der Waals surface area (Å²) in [6, 6.07) is 66.3. The van der Waals surface area contributed by atoms with Gasteiger partial charge in [0, 0.05) is 54.7 Å². The van der Waals surface area contributed by atoms with Crippen molar-refractivity contribution in [3.8, 4) is 45.9 Å². The van der Waals surface area contributed by atoms with Gasteiger partial charge in [-0.15, -0.1) is 0 Å². The highest BCUT2D eigenvalue weighted by atomic mass is 16.3. The molecule has 0 saturated heterocycles. The lowest BCUT2D eigenvalue weighted by molar-refractivity contribution is 0.620. The van der Waals surface area contributed by atoms with Gasteiger partial charge in [-0.25, -0.2) is 9.97 Å². The molecular formula is C58H32N6O3. The monoisotopic (exact) mass is 860 g/mol. The third-order valence-electron chi connectivity index (χ3n) is 13.2. The molecule has 0 saturated carbocycles. The second-order valence-electron chi connectivity index (χ2n) is 16.9. The van der Waals surface area contributed by atoms with Gasteiger partial charge in [0.15, 0.2) is 17.2 Å². The molecule has 0 spiro atoms. The lowest BCUT2D eigenvalue weighted by Gasteiger charge is -2.13. The first-order valence-electron chi connectivity index (χ1n) is 22.2. The Morgan fingerprint density at radius 1 is 0.343 bits per heavy atom. The lowest BCUT2D eigenvalue weighted by Crippen LogP contribution is -2.07. The molecule has 6 heterocycles. The SMILES string of the molecule is c1ccc(-c2nc3cccc(-c4nc(-c5cccc6c5oc5ccccc56)nc(-n5c6ccccc6c6ccc7c8ccccc8n(-c8ccc9c(c8)oc8ccccc89)c7c65)n4)c3o2)cc1. The Bertz CT molecular complexity index is 4530. The van der Waals surface area contributed by atoms with Crippen LogP contribution in [0.25, 0.3) is 144 Å². The van der Waals surface area contributed by atoms with E-state index in [1.807, 2.05) is 91.0 Å². The third kappa shape index (κ3) is 5.19. The molecule has 0 atom stereocenters. The van der Waals surface area contributed by atoms with Crippen LogP contribution in [-0.2, 0) is 0 Å². The Morgan fingerprint density at radius 2 is 0.896 bits per heavy atom. The van der Waals surface area contributed by atoms with Gasteiger partial charge in [-0.05, 0) is 66.7 Å². The van der Waals surface area contributed by atoms with E-state index in [1.165, 1.54) is 0 Å². The van der Waals surface area contributed by atoms with Gasteiger partial charge < -0.3 is 17.8 Å². The third-order valence-corrected chi connectivity index (χ3v) is 13.2. The average Bonchev–Trinajstić information content (AvgIpc) is 4.21. The predicted octanol–water partition coefficient (Wildman–Crippen LogP) is 15.0. The van der Waals surface area contributed by atoms with Gasteiger partial charge in [-0.2, -0.15) is 9.97 Å². The number of oxazole rings is 1. The van der Waals surface area contributed by atoms with Crippen LogP contribution in [-0.4, -0.2) is 29.1 Å². The molecule has 9 nitrogen and oxygen atoms in total. The molecule has 0 aliphatic carbocycles. The maximum Gasteiger partial charge on any atom is 0.238 e. The van der Waals surface area contributed by atoms with Crippen molar-refractivity contribution >= 4 is 98.6 Å². The highest BCUT2D eigenvalue weighted by Gasteiger charge is 2.26. The van der Waals surface area contributed by atoms with E-state index in [0.717, 1.165) is 98.7 Å². The largest absolute Gasteiger partial charge is 0.456 e. The van der Waals surface area contributed by atoms with E-state index in [4.69, 9.17) is 33.2 Å². The molecule has 0 amide bonds. The molecule has 15 aromatic rings. The van der Waals surface area contributed by atoms with Crippen molar-refractivity contribution in [2.75, 3.05) is 0 Å². The van der Waals surface area contributed by atoms with E-state index in [2.05, 4.69) is 112 Å². The molecule has 312 valence electrons. The van der Waals surface area contributed by atoms with E-state index in [0.29, 0.717) is 45.7 Å². The highest BCUT2D eigenvalue weighted by Crippen LogP contribution is 2.43. The summed E-state index contributed by atoms with van der Waals surface area (Å²) in [4.78, 5) is 21.1. The molecule has 0 fully saturated rings. The summed E-state index contributed by atoms with van der Waals surface area (Å²) in [5.41, 5.74) is 11.7. The summed E-state index contributed by atoms with van der Waals surface area (Å²) in [6.45, 7) is 0. The minimum Gasteiger partial charge on any atom is -0.456 e. The van der Waals surface area contributed by atoms with E-state index < -0.39 is 0 Å². The Morgan fingerprint density at radius 3 is 1.64 bits per heavy atom. The van der Waals surface area contributed by atoms with Crippen molar-refractivity contribution in [2.24, 2.45) is 0 Å². The first-order chi connectivity index (χ1) is 33.2. The number of hydrogen-bond acceptors (Lipinski definition) is 7. The van der Waals surface area contributed by atoms with Gasteiger partial charge in [0.1, 0.15) is 27.8 Å². The van der Waals surface area contributed by atoms with Gasteiger partial charge in [-0.1, -0.05) is 121 Å². The fourth-order valence-electron chi connectivity index (χ4n) is 10.3. The second kappa shape index (κ2) is 13.6. The quantitative estimate of drug-likeness (QED) is 0.170. The van der Waals surface area contributed by atoms with Gasteiger partial charge in [0.2, 0.25) is 11.8 Å². The number of rotatable bonds is 5. The van der Waals surface area contributed by atoms with Gasteiger partial charge >= 0.3 is 0 Å².